The van der Waals surface area contributed by atoms with E-state index in [-0.39, 0.29) is 0 Å². The van der Waals surface area contributed by atoms with Crippen LogP contribution in [0.2, 0.25) is 0 Å². The predicted octanol–water partition coefficient (Wildman–Crippen LogP) is 3.96. The maximum Gasteiger partial charge on any atom is 0.153 e. The zero-order valence-electron chi connectivity index (χ0n) is 10.7. The van der Waals surface area contributed by atoms with E-state index in [4.69, 9.17) is 4.74 Å². The van der Waals surface area contributed by atoms with Gasteiger partial charge in [-0.3, -0.25) is 4.79 Å². The molecule has 0 bridgehead atoms. The fourth-order valence-electron chi connectivity index (χ4n) is 2.28. The number of carbonyl (C=O) groups is 1. The van der Waals surface area contributed by atoms with Crippen LogP contribution in [0.5, 0.6) is 5.75 Å². The van der Waals surface area contributed by atoms with Crippen LogP contribution in [-0.4, -0.2) is 6.29 Å². The van der Waals surface area contributed by atoms with Gasteiger partial charge in [0, 0.05) is 0 Å². The van der Waals surface area contributed by atoms with Crippen molar-refractivity contribution in [3.8, 4) is 5.75 Å². The highest BCUT2D eigenvalue weighted by Crippen LogP contribution is 2.45. The fraction of sp³-hybridized carbons (Fsp3) is 0.235. The zero-order valence-corrected chi connectivity index (χ0v) is 10.7. The molecule has 1 saturated carbocycles. The van der Waals surface area contributed by atoms with E-state index < -0.39 is 0 Å². The summed E-state index contributed by atoms with van der Waals surface area (Å²) >= 11 is 0. The predicted molar refractivity (Wildman–Crippen MR) is 74.6 cm³/mol. The molecule has 0 aromatic heterocycles. The summed E-state index contributed by atoms with van der Waals surface area (Å²) in [4.78, 5) is 11.2. The second-order valence-corrected chi connectivity index (χ2v) is 4.93. The average Bonchev–Trinajstić information content (AvgIpc) is 3.30. The van der Waals surface area contributed by atoms with Crippen LogP contribution >= 0.6 is 0 Å². The molecular formula is C17H16O2. The molecule has 0 amide bonds. The van der Waals surface area contributed by atoms with Crippen molar-refractivity contribution in [2.45, 2.75) is 25.4 Å². The second kappa shape index (κ2) is 5.27. The lowest BCUT2D eigenvalue weighted by Crippen LogP contribution is -2.01. The summed E-state index contributed by atoms with van der Waals surface area (Å²) in [5.41, 5.74) is 2.95. The number of carbonyl (C=O) groups excluding carboxylic acids is 1. The molecule has 0 atom stereocenters. The van der Waals surface area contributed by atoms with E-state index >= 15 is 0 Å². The first kappa shape index (κ1) is 12.0. The van der Waals surface area contributed by atoms with Crippen molar-refractivity contribution in [1.82, 2.24) is 0 Å². The van der Waals surface area contributed by atoms with Crippen molar-refractivity contribution >= 4 is 6.29 Å². The molecule has 0 spiro atoms. The minimum absolute atomic E-state index is 0.505. The van der Waals surface area contributed by atoms with E-state index in [0.717, 1.165) is 17.6 Å². The summed E-state index contributed by atoms with van der Waals surface area (Å²) in [6.45, 7) is 0.505. The molecular weight excluding hydrogens is 236 g/mol. The molecule has 0 saturated heterocycles. The lowest BCUT2D eigenvalue weighted by atomic mass is 10.1. The van der Waals surface area contributed by atoms with Crippen molar-refractivity contribution in [3.63, 3.8) is 0 Å². The Kier molecular flexibility index (Phi) is 3.32. The quantitative estimate of drug-likeness (QED) is 0.753. The molecule has 19 heavy (non-hydrogen) atoms. The fourth-order valence-corrected chi connectivity index (χ4v) is 2.28. The van der Waals surface area contributed by atoms with Gasteiger partial charge >= 0.3 is 0 Å². The Bertz CT molecular complexity index is 571. The van der Waals surface area contributed by atoms with Crippen LogP contribution in [0, 0.1) is 0 Å². The lowest BCUT2D eigenvalue weighted by Gasteiger charge is -2.13. The number of rotatable bonds is 5. The number of ether oxygens (including phenoxy) is 1. The Hall–Kier alpha value is -2.09. The van der Waals surface area contributed by atoms with Crippen molar-refractivity contribution < 1.29 is 9.53 Å². The van der Waals surface area contributed by atoms with Gasteiger partial charge in [-0.15, -0.1) is 0 Å². The summed E-state index contributed by atoms with van der Waals surface area (Å²) in [5, 5.41) is 0. The molecule has 2 aromatic carbocycles. The molecule has 0 unspecified atom stereocenters. The van der Waals surface area contributed by atoms with E-state index in [1.807, 2.05) is 42.5 Å². The Morgan fingerprint density at radius 2 is 1.84 bits per heavy atom. The van der Waals surface area contributed by atoms with Crippen LogP contribution < -0.4 is 4.74 Å². The average molecular weight is 252 g/mol. The summed E-state index contributed by atoms with van der Waals surface area (Å²) in [6.07, 6.45) is 3.28. The van der Waals surface area contributed by atoms with Crippen molar-refractivity contribution in [3.05, 3.63) is 65.2 Å². The molecule has 1 fully saturated rings. The highest BCUT2D eigenvalue weighted by Gasteiger charge is 2.27. The van der Waals surface area contributed by atoms with Gasteiger partial charge in [0.1, 0.15) is 12.4 Å². The minimum atomic E-state index is 0.505. The Morgan fingerprint density at radius 1 is 1.05 bits per heavy atom. The first-order valence-electron chi connectivity index (χ1n) is 6.63. The first-order chi connectivity index (χ1) is 9.38. The van der Waals surface area contributed by atoms with E-state index in [1.165, 1.54) is 18.4 Å². The van der Waals surface area contributed by atoms with Gasteiger partial charge in [-0.2, -0.15) is 0 Å². The summed E-state index contributed by atoms with van der Waals surface area (Å²) in [6, 6.07) is 15.9. The molecule has 1 aliphatic rings. The monoisotopic (exact) mass is 252 g/mol. The smallest absolute Gasteiger partial charge is 0.153 e. The van der Waals surface area contributed by atoms with Gasteiger partial charge in [-0.1, -0.05) is 42.5 Å². The molecule has 2 heteroatoms. The van der Waals surface area contributed by atoms with Gasteiger partial charge in [0.2, 0.25) is 0 Å². The van der Waals surface area contributed by atoms with Gasteiger partial charge in [0.25, 0.3) is 0 Å². The van der Waals surface area contributed by atoms with Gasteiger partial charge in [0.15, 0.2) is 6.29 Å². The van der Waals surface area contributed by atoms with Crippen LogP contribution in [-0.2, 0) is 6.61 Å². The number of hydrogen-bond donors (Lipinski definition) is 0. The highest BCUT2D eigenvalue weighted by atomic mass is 16.5. The summed E-state index contributed by atoms with van der Waals surface area (Å²) < 4.78 is 5.92. The van der Waals surface area contributed by atoms with Gasteiger partial charge in [0.05, 0.1) is 5.56 Å². The lowest BCUT2D eigenvalue weighted by molar-refractivity contribution is 0.111. The highest BCUT2D eigenvalue weighted by molar-refractivity contribution is 5.80. The van der Waals surface area contributed by atoms with Crippen molar-refractivity contribution in [2.24, 2.45) is 0 Å². The third-order valence-corrected chi connectivity index (χ3v) is 3.45. The Morgan fingerprint density at radius 3 is 2.53 bits per heavy atom. The van der Waals surface area contributed by atoms with Crippen LogP contribution in [0.3, 0.4) is 0 Å². The van der Waals surface area contributed by atoms with E-state index in [9.17, 15) is 4.79 Å². The molecule has 0 radical (unpaired) electrons. The van der Waals surface area contributed by atoms with Gasteiger partial charge < -0.3 is 4.74 Å². The largest absolute Gasteiger partial charge is 0.488 e. The number of aldehydes is 1. The molecule has 0 N–H and O–H groups in total. The molecule has 0 heterocycles. The second-order valence-electron chi connectivity index (χ2n) is 4.93. The van der Waals surface area contributed by atoms with Crippen LogP contribution in [0.15, 0.2) is 48.5 Å². The Labute approximate surface area is 113 Å². The molecule has 2 aromatic rings. The standard InChI is InChI=1S/C17H16O2/c18-11-15-7-4-8-16(14-9-10-14)17(15)19-12-13-5-2-1-3-6-13/h1-8,11,14H,9-10,12H2. The van der Waals surface area contributed by atoms with Crippen LogP contribution in [0.1, 0.15) is 40.2 Å². The SMILES string of the molecule is O=Cc1cccc(C2CC2)c1OCc1ccccc1. The summed E-state index contributed by atoms with van der Waals surface area (Å²) in [7, 11) is 0. The molecule has 0 aliphatic heterocycles. The third kappa shape index (κ3) is 2.68. The first-order valence-corrected chi connectivity index (χ1v) is 6.63. The molecule has 1 aliphatic carbocycles. The number of benzene rings is 2. The zero-order chi connectivity index (χ0) is 13.1. The van der Waals surface area contributed by atoms with Crippen molar-refractivity contribution in [2.75, 3.05) is 0 Å². The van der Waals surface area contributed by atoms with Crippen LogP contribution in [0.4, 0.5) is 0 Å². The number of para-hydroxylation sites is 1. The topological polar surface area (TPSA) is 26.3 Å². The third-order valence-electron chi connectivity index (χ3n) is 3.45. The maximum atomic E-state index is 11.2. The molecule has 3 rings (SSSR count). The van der Waals surface area contributed by atoms with E-state index in [0.29, 0.717) is 18.1 Å². The molecule has 96 valence electrons. The normalized spacial score (nSPS) is 14.1. The summed E-state index contributed by atoms with van der Waals surface area (Å²) in [5.74, 6) is 1.34. The molecule has 2 nitrogen and oxygen atoms in total. The minimum Gasteiger partial charge on any atom is -0.488 e. The van der Waals surface area contributed by atoms with Crippen LogP contribution in [0.25, 0.3) is 0 Å². The van der Waals surface area contributed by atoms with E-state index in [1.54, 1.807) is 0 Å². The van der Waals surface area contributed by atoms with Gasteiger partial charge in [-0.05, 0) is 36.0 Å². The van der Waals surface area contributed by atoms with Crippen molar-refractivity contribution in [1.29, 1.82) is 0 Å². The maximum absolute atomic E-state index is 11.2. The van der Waals surface area contributed by atoms with E-state index in [2.05, 4.69) is 6.07 Å². The number of hydrogen-bond acceptors (Lipinski definition) is 2. The Balaban J connectivity index is 1.84. The van der Waals surface area contributed by atoms with Gasteiger partial charge in [-0.25, -0.2) is 0 Å².